The van der Waals surface area contributed by atoms with E-state index in [-0.39, 0.29) is 0 Å². The SMILES string of the molecule is Cc1cc(Nc2ccc(C(C)C)cc2)nc(NCc2cccnc2)n1. The first-order valence-electron chi connectivity index (χ1n) is 8.45. The molecule has 1 aromatic carbocycles. The van der Waals surface area contributed by atoms with Gasteiger partial charge in [-0.15, -0.1) is 0 Å². The summed E-state index contributed by atoms with van der Waals surface area (Å²) in [4.78, 5) is 13.1. The van der Waals surface area contributed by atoms with Crippen LogP contribution < -0.4 is 10.6 Å². The molecule has 0 fully saturated rings. The molecule has 0 aliphatic carbocycles. The minimum Gasteiger partial charge on any atom is -0.350 e. The number of aryl methyl sites for hydroxylation is 1. The lowest BCUT2D eigenvalue weighted by Gasteiger charge is -2.11. The maximum absolute atomic E-state index is 4.55. The lowest BCUT2D eigenvalue weighted by molar-refractivity contribution is 0.867. The van der Waals surface area contributed by atoms with Crippen molar-refractivity contribution < 1.29 is 0 Å². The van der Waals surface area contributed by atoms with Crippen LogP contribution in [0.5, 0.6) is 0 Å². The van der Waals surface area contributed by atoms with E-state index in [1.807, 2.05) is 31.3 Å². The van der Waals surface area contributed by atoms with Crippen molar-refractivity contribution in [1.29, 1.82) is 0 Å². The number of aromatic nitrogens is 3. The molecule has 128 valence electrons. The summed E-state index contributed by atoms with van der Waals surface area (Å²) >= 11 is 0. The third-order valence-electron chi connectivity index (χ3n) is 3.88. The lowest BCUT2D eigenvalue weighted by atomic mass is 10.0. The van der Waals surface area contributed by atoms with Crippen LogP contribution in [0.4, 0.5) is 17.5 Å². The molecule has 0 aliphatic heterocycles. The van der Waals surface area contributed by atoms with Crippen molar-refractivity contribution in [1.82, 2.24) is 15.0 Å². The summed E-state index contributed by atoms with van der Waals surface area (Å²) in [6, 6.07) is 14.3. The fourth-order valence-corrected chi connectivity index (χ4v) is 2.49. The number of rotatable bonds is 6. The average Bonchev–Trinajstić information content (AvgIpc) is 2.61. The van der Waals surface area contributed by atoms with Crippen LogP contribution in [0.1, 0.15) is 36.6 Å². The zero-order valence-electron chi connectivity index (χ0n) is 14.8. The van der Waals surface area contributed by atoms with Crippen LogP contribution in [0.25, 0.3) is 0 Å². The third-order valence-corrected chi connectivity index (χ3v) is 3.88. The highest BCUT2D eigenvalue weighted by atomic mass is 15.1. The average molecular weight is 333 g/mol. The van der Waals surface area contributed by atoms with Crippen molar-refractivity contribution in [3.63, 3.8) is 0 Å². The van der Waals surface area contributed by atoms with Crippen LogP contribution in [0.2, 0.25) is 0 Å². The summed E-state index contributed by atoms with van der Waals surface area (Å²) in [6.07, 6.45) is 3.59. The molecule has 0 unspecified atom stereocenters. The van der Waals surface area contributed by atoms with Crippen LogP contribution in [-0.2, 0) is 6.54 Å². The van der Waals surface area contributed by atoms with E-state index in [9.17, 15) is 0 Å². The van der Waals surface area contributed by atoms with Crippen LogP contribution >= 0.6 is 0 Å². The fraction of sp³-hybridized carbons (Fsp3) is 0.250. The summed E-state index contributed by atoms with van der Waals surface area (Å²) < 4.78 is 0. The minimum absolute atomic E-state index is 0.527. The summed E-state index contributed by atoms with van der Waals surface area (Å²) in [5, 5.41) is 6.60. The first-order valence-corrected chi connectivity index (χ1v) is 8.45. The van der Waals surface area contributed by atoms with Gasteiger partial charge in [-0.1, -0.05) is 32.0 Å². The summed E-state index contributed by atoms with van der Waals surface area (Å²) in [5.74, 6) is 1.90. The van der Waals surface area contributed by atoms with Gasteiger partial charge in [0.05, 0.1) is 0 Å². The second-order valence-corrected chi connectivity index (χ2v) is 6.33. The predicted octanol–water partition coefficient (Wildman–Crippen LogP) is 4.66. The Hall–Kier alpha value is -2.95. The molecule has 5 heteroatoms. The lowest BCUT2D eigenvalue weighted by Crippen LogP contribution is -2.06. The monoisotopic (exact) mass is 333 g/mol. The number of pyridine rings is 1. The summed E-state index contributed by atoms with van der Waals surface area (Å²) in [6.45, 7) is 6.98. The Bertz CT molecular complexity index is 813. The van der Waals surface area contributed by atoms with Crippen molar-refractivity contribution in [3.05, 3.63) is 71.7 Å². The minimum atomic E-state index is 0.527. The Balaban J connectivity index is 1.70. The van der Waals surface area contributed by atoms with Crippen LogP contribution in [0.15, 0.2) is 54.9 Å². The Kier molecular flexibility index (Phi) is 5.23. The van der Waals surface area contributed by atoms with Gasteiger partial charge in [0.15, 0.2) is 0 Å². The smallest absolute Gasteiger partial charge is 0.225 e. The van der Waals surface area contributed by atoms with E-state index in [2.05, 4.69) is 63.7 Å². The van der Waals surface area contributed by atoms with Gasteiger partial charge in [0.2, 0.25) is 5.95 Å². The fourth-order valence-electron chi connectivity index (χ4n) is 2.49. The van der Waals surface area contributed by atoms with Gasteiger partial charge in [-0.25, -0.2) is 4.98 Å². The highest BCUT2D eigenvalue weighted by Gasteiger charge is 2.04. The Morgan fingerprint density at radius 1 is 1.04 bits per heavy atom. The molecule has 2 heterocycles. The molecule has 0 bridgehead atoms. The van der Waals surface area contributed by atoms with E-state index >= 15 is 0 Å². The molecule has 0 saturated heterocycles. The molecule has 0 radical (unpaired) electrons. The molecule has 0 amide bonds. The number of benzene rings is 1. The van der Waals surface area contributed by atoms with Gasteiger partial charge in [-0.3, -0.25) is 4.98 Å². The Morgan fingerprint density at radius 2 is 1.84 bits per heavy atom. The number of hydrogen-bond donors (Lipinski definition) is 2. The van der Waals surface area contributed by atoms with E-state index in [0.717, 1.165) is 22.8 Å². The van der Waals surface area contributed by atoms with Gasteiger partial charge in [0.1, 0.15) is 5.82 Å². The number of anilines is 3. The molecule has 2 N–H and O–H groups in total. The molecule has 2 aromatic heterocycles. The first-order chi connectivity index (χ1) is 12.1. The molecule has 0 atom stereocenters. The van der Waals surface area contributed by atoms with Crippen molar-refractivity contribution in [2.45, 2.75) is 33.2 Å². The molecule has 3 rings (SSSR count). The second-order valence-electron chi connectivity index (χ2n) is 6.33. The number of nitrogens with zero attached hydrogens (tertiary/aromatic N) is 3. The number of nitrogens with one attached hydrogen (secondary N) is 2. The van der Waals surface area contributed by atoms with Crippen molar-refractivity contribution in [3.8, 4) is 0 Å². The Labute approximate surface area is 148 Å². The van der Waals surface area contributed by atoms with Gasteiger partial charge in [-0.2, -0.15) is 4.98 Å². The molecule has 5 nitrogen and oxygen atoms in total. The predicted molar refractivity (Wildman–Crippen MR) is 102 cm³/mol. The first kappa shape index (κ1) is 16.9. The largest absolute Gasteiger partial charge is 0.350 e. The van der Waals surface area contributed by atoms with E-state index in [4.69, 9.17) is 0 Å². The molecule has 0 spiro atoms. The van der Waals surface area contributed by atoms with E-state index < -0.39 is 0 Å². The third kappa shape index (κ3) is 4.76. The zero-order chi connectivity index (χ0) is 17.6. The molecule has 3 aromatic rings. The second kappa shape index (κ2) is 7.75. The number of hydrogen-bond acceptors (Lipinski definition) is 5. The molecule has 25 heavy (non-hydrogen) atoms. The van der Waals surface area contributed by atoms with Gasteiger partial charge in [-0.05, 0) is 42.2 Å². The molecular formula is C20H23N5. The van der Waals surface area contributed by atoms with Crippen LogP contribution in [-0.4, -0.2) is 15.0 Å². The quantitative estimate of drug-likeness (QED) is 0.687. The highest BCUT2D eigenvalue weighted by molar-refractivity contribution is 5.58. The van der Waals surface area contributed by atoms with Crippen molar-refractivity contribution in [2.75, 3.05) is 10.6 Å². The van der Waals surface area contributed by atoms with Crippen molar-refractivity contribution in [2.24, 2.45) is 0 Å². The van der Waals surface area contributed by atoms with Crippen LogP contribution in [0.3, 0.4) is 0 Å². The van der Waals surface area contributed by atoms with Gasteiger partial charge >= 0.3 is 0 Å². The topological polar surface area (TPSA) is 62.7 Å². The standard InChI is InChI=1S/C20H23N5/c1-14(2)17-6-8-18(9-7-17)24-19-11-15(3)23-20(25-19)22-13-16-5-4-10-21-12-16/h4-12,14H,13H2,1-3H3,(H2,22,23,24,25). The normalized spacial score (nSPS) is 10.7. The zero-order valence-corrected chi connectivity index (χ0v) is 14.8. The molecular weight excluding hydrogens is 310 g/mol. The van der Waals surface area contributed by atoms with E-state index in [1.165, 1.54) is 5.56 Å². The Morgan fingerprint density at radius 3 is 2.52 bits per heavy atom. The van der Waals surface area contributed by atoms with E-state index in [0.29, 0.717) is 18.4 Å². The van der Waals surface area contributed by atoms with Gasteiger partial charge < -0.3 is 10.6 Å². The molecule has 0 saturated carbocycles. The van der Waals surface area contributed by atoms with Gasteiger partial charge in [0, 0.05) is 36.4 Å². The van der Waals surface area contributed by atoms with Crippen molar-refractivity contribution >= 4 is 17.5 Å². The maximum atomic E-state index is 4.55. The van der Waals surface area contributed by atoms with Crippen LogP contribution in [0, 0.1) is 6.92 Å². The highest BCUT2D eigenvalue weighted by Crippen LogP contribution is 2.20. The maximum Gasteiger partial charge on any atom is 0.225 e. The summed E-state index contributed by atoms with van der Waals surface area (Å²) in [5.41, 5.74) is 4.33. The van der Waals surface area contributed by atoms with E-state index in [1.54, 1.807) is 6.20 Å². The summed E-state index contributed by atoms with van der Waals surface area (Å²) in [7, 11) is 0. The molecule has 0 aliphatic rings. The van der Waals surface area contributed by atoms with Gasteiger partial charge in [0.25, 0.3) is 0 Å².